The van der Waals surface area contributed by atoms with Crippen molar-refractivity contribution in [3.8, 4) is 17.0 Å². The van der Waals surface area contributed by atoms with Crippen molar-refractivity contribution in [3.63, 3.8) is 0 Å². The number of carbonyl (C=O) groups is 1. The molecule has 2 heterocycles. The average Bonchev–Trinajstić information content (AvgIpc) is 3.27. The summed E-state index contributed by atoms with van der Waals surface area (Å²) in [5.74, 6) is 0.540. The molecule has 1 N–H and O–H groups in total. The van der Waals surface area contributed by atoms with Crippen LogP contribution in [0.2, 0.25) is 0 Å². The van der Waals surface area contributed by atoms with Crippen LogP contribution in [0, 0.1) is 6.92 Å². The summed E-state index contributed by atoms with van der Waals surface area (Å²) in [5.41, 5.74) is 6.70. The Kier molecular flexibility index (Phi) is 6.61. The minimum absolute atomic E-state index is 0.265. The van der Waals surface area contributed by atoms with E-state index in [-0.39, 0.29) is 5.91 Å². The number of hydrogen-bond donors (Lipinski definition) is 1. The van der Waals surface area contributed by atoms with Crippen LogP contribution in [0.25, 0.3) is 22.2 Å². The number of benzene rings is 2. The molecule has 0 unspecified atom stereocenters. The van der Waals surface area contributed by atoms with Crippen LogP contribution in [0.3, 0.4) is 0 Å². The number of aromatic nitrogens is 1. The van der Waals surface area contributed by atoms with Crippen LogP contribution >= 0.6 is 11.3 Å². The Bertz CT molecular complexity index is 1280. The van der Waals surface area contributed by atoms with E-state index < -0.39 is 0 Å². The number of hydrogen-bond acceptors (Lipinski definition) is 5. The molecule has 2 aromatic heterocycles. The first-order chi connectivity index (χ1) is 15.6. The van der Waals surface area contributed by atoms with Gasteiger partial charge in [-0.2, -0.15) is 5.10 Å². The smallest absolute Gasteiger partial charge is 0.272 e. The van der Waals surface area contributed by atoms with E-state index in [1.807, 2.05) is 68.4 Å². The number of pyridine rings is 1. The fraction of sp³-hybridized carbons (Fsp3) is 0.192. The number of thiophene rings is 1. The van der Waals surface area contributed by atoms with Gasteiger partial charge in [0.2, 0.25) is 0 Å². The molecule has 0 fully saturated rings. The first-order valence-electron chi connectivity index (χ1n) is 10.6. The first kappa shape index (κ1) is 21.7. The highest BCUT2D eigenvalue weighted by molar-refractivity contribution is 7.13. The van der Waals surface area contributed by atoms with E-state index in [9.17, 15) is 4.79 Å². The van der Waals surface area contributed by atoms with Gasteiger partial charge in [-0.3, -0.25) is 4.79 Å². The number of hydrazone groups is 1. The van der Waals surface area contributed by atoms with Crippen molar-refractivity contribution in [1.29, 1.82) is 0 Å². The number of carbonyl (C=O) groups excluding carboxylic acids is 1. The zero-order valence-electron chi connectivity index (χ0n) is 18.4. The fourth-order valence-electron chi connectivity index (χ4n) is 3.43. The second kappa shape index (κ2) is 9.75. The quantitative estimate of drug-likeness (QED) is 0.282. The number of nitrogens with zero attached hydrogens (tertiary/aromatic N) is 2. The number of amides is 1. The van der Waals surface area contributed by atoms with Gasteiger partial charge < -0.3 is 4.74 Å². The Morgan fingerprint density at radius 3 is 2.62 bits per heavy atom. The van der Waals surface area contributed by atoms with E-state index in [0.717, 1.165) is 44.8 Å². The lowest BCUT2D eigenvalue weighted by molar-refractivity contribution is 0.0956. The van der Waals surface area contributed by atoms with Crippen LogP contribution in [-0.4, -0.2) is 23.7 Å². The summed E-state index contributed by atoms with van der Waals surface area (Å²) >= 11 is 1.67. The van der Waals surface area contributed by atoms with Crippen molar-refractivity contribution in [3.05, 3.63) is 81.5 Å². The van der Waals surface area contributed by atoms with Crippen molar-refractivity contribution in [1.82, 2.24) is 10.4 Å². The molecule has 0 spiro atoms. The fourth-order valence-corrected chi connectivity index (χ4v) is 4.26. The van der Waals surface area contributed by atoms with Crippen LogP contribution in [0.15, 0.2) is 65.8 Å². The molecule has 0 saturated carbocycles. The highest BCUT2D eigenvalue weighted by Crippen LogP contribution is 2.27. The minimum Gasteiger partial charge on any atom is -0.494 e. The summed E-state index contributed by atoms with van der Waals surface area (Å²) in [6, 6.07) is 19.6. The third kappa shape index (κ3) is 4.86. The molecule has 0 atom stereocenters. The average molecular weight is 444 g/mol. The third-order valence-corrected chi connectivity index (χ3v) is 6.22. The molecule has 0 aliphatic carbocycles. The maximum absolute atomic E-state index is 13.1. The summed E-state index contributed by atoms with van der Waals surface area (Å²) in [6.07, 6.45) is 2.67. The molecule has 0 radical (unpaired) electrons. The summed E-state index contributed by atoms with van der Waals surface area (Å²) in [7, 11) is 0. The molecular weight excluding hydrogens is 418 g/mol. The molecule has 2 aromatic carbocycles. The van der Waals surface area contributed by atoms with Crippen molar-refractivity contribution < 1.29 is 9.53 Å². The Labute approximate surface area is 191 Å². The summed E-state index contributed by atoms with van der Waals surface area (Å²) in [6.45, 7) is 6.69. The largest absolute Gasteiger partial charge is 0.494 e. The molecule has 0 saturated heterocycles. The summed E-state index contributed by atoms with van der Waals surface area (Å²) in [4.78, 5) is 20.2. The molecule has 0 aliphatic rings. The van der Waals surface area contributed by atoms with Gasteiger partial charge in [-0.1, -0.05) is 18.6 Å². The van der Waals surface area contributed by atoms with E-state index >= 15 is 0 Å². The van der Waals surface area contributed by atoms with Gasteiger partial charge in [0.05, 0.1) is 29.6 Å². The van der Waals surface area contributed by atoms with E-state index in [1.54, 1.807) is 17.6 Å². The zero-order chi connectivity index (χ0) is 22.5. The van der Waals surface area contributed by atoms with Crippen molar-refractivity contribution in [2.75, 3.05) is 6.61 Å². The Hall–Kier alpha value is -3.51. The van der Waals surface area contributed by atoms with Crippen molar-refractivity contribution in [2.45, 2.75) is 27.2 Å². The van der Waals surface area contributed by atoms with Gasteiger partial charge in [0, 0.05) is 20.7 Å². The van der Waals surface area contributed by atoms with Crippen LogP contribution in [0.1, 0.15) is 39.5 Å². The second-order valence-electron chi connectivity index (χ2n) is 7.39. The van der Waals surface area contributed by atoms with Crippen LogP contribution in [-0.2, 0) is 6.42 Å². The maximum Gasteiger partial charge on any atom is 0.272 e. The van der Waals surface area contributed by atoms with Crippen LogP contribution in [0.4, 0.5) is 0 Å². The Morgan fingerprint density at radius 2 is 1.91 bits per heavy atom. The standard InChI is InChI=1S/C26H25N3O2S/c1-4-20-11-12-21(32-20)16-27-29-26(30)23-15-25(18-7-9-19(10-8-18)31-5-2)28-24-13-6-17(3)14-22(23)24/h6-16H,4-5H2,1-3H3,(H,29,30)/b27-16+. The van der Waals surface area contributed by atoms with Gasteiger partial charge in [-0.25, -0.2) is 10.4 Å². The van der Waals surface area contributed by atoms with Gasteiger partial charge in [0.15, 0.2) is 0 Å². The van der Waals surface area contributed by atoms with Gasteiger partial charge in [0.1, 0.15) is 5.75 Å². The molecule has 0 aliphatic heterocycles. The minimum atomic E-state index is -0.265. The SMILES string of the molecule is CCOc1ccc(-c2cc(C(=O)N/N=C/c3ccc(CC)s3)c3cc(C)ccc3n2)cc1. The molecule has 0 bridgehead atoms. The Morgan fingerprint density at radius 1 is 1.09 bits per heavy atom. The van der Waals surface area contributed by atoms with Crippen LogP contribution in [0.5, 0.6) is 5.75 Å². The summed E-state index contributed by atoms with van der Waals surface area (Å²) in [5, 5.41) is 4.98. The highest BCUT2D eigenvalue weighted by atomic mass is 32.1. The van der Waals surface area contributed by atoms with Gasteiger partial charge in [-0.15, -0.1) is 11.3 Å². The van der Waals surface area contributed by atoms with E-state index in [4.69, 9.17) is 9.72 Å². The lowest BCUT2D eigenvalue weighted by Gasteiger charge is -2.10. The van der Waals surface area contributed by atoms with Crippen LogP contribution < -0.4 is 10.2 Å². The molecule has 4 aromatic rings. The summed E-state index contributed by atoms with van der Waals surface area (Å²) < 4.78 is 5.53. The number of rotatable bonds is 7. The predicted molar refractivity (Wildman–Crippen MR) is 132 cm³/mol. The number of fused-ring (bicyclic) bond motifs is 1. The first-order valence-corrected chi connectivity index (χ1v) is 11.5. The molecule has 162 valence electrons. The second-order valence-corrected chi connectivity index (χ2v) is 8.59. The number of ether oxygens (including phenoxy) is 1. The zero-order valence-corrected chi connectivity index (χ0v) is 19.2. The highest BCUT2D eigenvalue weighted by Gasteiger charge is 2.14. The molecule has 5 nitrogen and oxygen atoms in total. The van der Waals surface area contributed by atoms with E-state index in [2.05, 4.69) is 23.5 Å². The van der Waals surface area contributed by atoms with Crippen molar-refractivity contribution in [2.24, 2.45) is 5.10 Å². The number of nitrogens with one attached hydrogen (secondary N) is 1. The number of aryl methyl sites for hydroxylation is 2. The normalized spacial score (nSPS) is 11.2. The van der Waals surface area contributed by atoms with E-state index in [0.29, 0.717) is 12.2 Å². The molecule has 1 amide bonds. The molecule has 6 heteroatoms. The third-order valence-electron chi connectivity index (χ3n) is 5.06. The van der Waals surface area contributed by atoms with Gasteiger partial charge >= 0.3 is 0 Å². The lowest BCUT2D eigenvalue weighted by atomic mass is 10.0. The predicted octanol–water partition coefficient (Wildman–Crippen LogP) is 6.00. The topological polar surface area (TPSA) is 63.6 Å². The monoisotopic (exact) mass is 443 g/mol. The van der Waals surface area contributed by atoms with E-state index in [1.165, 1.54) is 4.88 Å². The van der Waals surface area contributed by atoms with Gasteiger partial charge in [-0.05, 0) is 74.9 Å². The maximum atomic E-state index is 13.1. The Balaban J connectivity index is 1.66. The lowest BCUT2D eigenvalue weighted by Crippen LogP contribution is -2.18. The van der Waals surface area contributed by atoms with Gasteiger partial charge in [0.25, 0.3) is 5.91 Å². The van der Waals surface area contributed by atoms with Crippen molar-refractivity contribution >= 4 is 34.4 Å². The molecular formula is C26H25N3O2S. The molecule has 32 heavy (non-hydrogen) atoms. The molecule has 4 rings (SSSR count).